The fourth-order valence-electron chi connectivity index (χ4n) is 1.58. The van der Waals surface area contributed by atoms with Gasteiger partial charge in [0.2, 0.25) is 0 Å². The van der Waals surface area contributed by atoms with Gasteiger partial charge in [0.15, 0.2) is 11.5 Å². The Hall–Kier alpha value is -1.50. The molecule has 1 unspecified atom stereocenters. The third-order valence-corrected chi connectivity index (χ3v) is 2.35. The normalized spacial score (nSPS) is 21.4. The van der Waals surface area contributed by atoms with Crippen LogP contribution in [0.25, 0.3) is 0 Å². The van der Waals surface area contributed by atoms with E-state index in [2.05, 4.69) is 9.47 Å². The molecule has 0 spiro atoms. The number of aliphatic hydroxyl groups excluding tert-OH is 1. The largest absolute Gasteiger partial charge is 0.507 e. The lowest BCUT2D eigenvalue weighted by atomic mass is 10.1. The Kier molecular flexibility index (Phi) is 2.89. The number of aliphatic hydroxyl groups is 1. The van der Waals surface area contributed by atoms with Crippen molar-refractivity contribution in [3.05, 3.63) is 23.8 Å². The Labute approximate surface area is 99.9 Å². The zero-order valence-electron chi connectivity index (χ0n) is 9.29. The Bertz CT molecular complexity index is 460. The number of halogens is 4. The summed E-state index contributed by atoms with van der Waals surface area (Å²) >= 11 is 0. The minimum atomic E-state index is -4.72. The predicted octanol–water partition coefficient (Wildman–Crippen LogP) is 2.57. The maximum absolute atomic E-state index is 12.9. The van der Waals surface area contributed by atoms with Crippen molar-refractivity contribution in [2.75, 3.05) is 0 Å². The zero-order valence-corrected chi connectivity index (χ0v) is 9.29. The van der Waals surface area contributed by atoms with Crippen LogP contribution in [-0.2, 0) is 6.42 Å². The molecule has 0 bridgehead atoms. The van der Waals surface area contributed by atoms with Crippen molar-refractivity contribution in [1.82, 2.24) is 0 Å². The van der Waals surface area contributed by atoms with E-state index in [-0.39, 0.29) is 6.42 Å². The molecular formula is C11H10F4O3. The van der Waals surface area contributed by atoms with Crippen LogP contribution in [0.15, 0.2) is 18.2 Å². The highest BCUT2D eigenvalue weighted by atomic mass is 19.3. The summed E-state index contributed by atoms with van der Waals surface area (Å²) in [4.78, 5) is 0. The molecule has 1 aliphatic heterocycles. The summed E-state index contributed by atoms with van der Waals surface area (Å²) in [6.45, 7) is 1.51. The van der Waals surface area contributed by atoms with Crippen LogP contribution in [0.5, 0.6) is 11.5 Å². The van der Waals surface area contributed by atoms with Gasteiger partial charge >= 0.3 is 12.2 Å². The number of rotatable bonds is 2. The molecule has 1 aromatic rings. The van der Waals surface area contributed by atoms with E-state index in [0.29, 0.717) is 5.56 Å². The lowest BCUT2D eigenvalue weighted by molar-refractivity contribution is -0.391. The zero-order chi connectivity index (χ0) is 13.6. The quantitative estimate of drug-likeness (QED) is 0.836. The van der Waals surface area contributed by atoms with Gasteiger partial charge in [-0.1, -0.05) is 6.07 Å². The van der Waals surface area contributed by atoms with Crippen LogP contribution >= 0.6 is 0 Å². The summed E-state index contributed by atoms with van der Waals surface area (Å²) < 4.78 is 59.4. The van der Waals surface area contributed by atoms with Crippen LogP contribution in [-0.4, -0.2) is 23.4 Å². The molecule has 1 atom stereocenters. The van der Waals surface area contributed by atoms with E-state index < -0.39 is 29.8 Å². The van der Waals surface area contributed by atoms with Gasteiger partial charge in [-0.3, -0.25) is 0 Å². The minimum absolute atomic E-state index is 0.193. The fourth-order valence-corrected chi connectivity index (χ4v) is 1.58. The first-order valence-electron chi connectivity index (χ1n) is 5.16. The van der Waals surface area contributed by atoms with Crippen molar-refractivity contribution in [1.29, 1.82) is 0 Å². The second kappa shape index (κ2) is 4.01. The van der Waals surface area contributed by atoms with Gasteiger partial charge in [0, 0.05) is 0 Å². The average Bonchev–Trinajstić information content (AvgIpc) is 2.18. The number of hydrogen-bond acceptors (Lipinski definition) is 3. The Morgan fingerprint density at radius 1 is 1.11 bits per heavy atom. The van der Waals surface area contributed by atoms with Gasteiger partial charge in [0.25, 0.3) is 0 Å². The van der Waals surface area contributed by atoms with Crippen LogP contribution in [0.3, 0.4) is 0 Å². The van der Waals surface area contributed by atoms with Crippen molar-refractivity contribution in [3.8, 4) is 11.5 Å². The first-order valence-corrected chi connectivity index (χ1v) is 5.16. The smallest absolute Gasteiger partial charge is 0.421 e. The monoisotopic (exact) mass is 266 g/mol. The van der Waals surface area contributed by atoms with E-state index in [1.807, 2.05) is 0 Å². The lowest BCUT2D eigenvalue weighted by Gasteiger charge is -2.32. The Balaban J connectivity index is 2.33. The van der Waals surface area contributed by atoms with Gasteiger partial charge in [-0.05, 0) is 31.0 Å². The summed E-state index contributed by atoms with van der Waals surface area (Å²) in [5.74, 6) is -0.927. The van der Waals surface area contributed by atoms with Crippen molar-refractivity contribution in [3.63, 3.8) is 0 Å². The van der Waals surface area contributed by atoms with Crippen LogP contribution < -0.4 is 9.47 Å². The molecule has 0 saturated carbocycles. The topological polar surface area (TPSA) is 38.7 Å². The molecule has 1 aromatic carbocycles. The number of hydrogen-bond donors (Lipinski definition) is 1. The summed E-state index contributed by atoms with van der Waals surface area (Å²) in [5.41, 5.74) is 0.480. The van der Waals surface area contributed by atoms with Crippen molar-refractivity contribution >= 4 is 0 Å². The van der Waals surface area contributed by atoms with Crippen molar-refractivity contribution in [2.24, 2.45) is 0 Å². The van der Waals surface area contributed by atoms with Crippen LogP contribution in [0.1, 0.15) is 12.5 Å². The van der Waals surface area contributed by atoms with Gasteiger partial charge in [-0.15, -0.1) is 0 Å². The number of ether oxygens (including phenoxy) is 2. The highest BCUT2D eigenvalue weighted by Gasteiger charge is 2.65. The molecule has 3 nitrogen and oxygen atoms in total. The second-order valence-corrected chi connectivity index (χ2v) is 4.07. The van der Waals surface area contributed by atoms with E-state index in [1.54, 1.807) is 0 Å². The molecule has 0 radical (unpaired) electrons. The molecule has 0 saturated heterocycles. The molecule has 0 amide bonds. The van der Waals surface area contributed by atoms with Gasteiger partial charge in [-0.25, -0.2) is 0 Å². The highest BCUT2D eigenvalue weighted by Crippen LogP contribution is 2.47. The Morgan fingerprint density at radius 2 is 1.67 bits per heavy atom. The molecule has 0 aromatic heterocycles. The maximum Gasteiger partial charge on any atom is 0.507 e. The van der Waals surface area contributed by atoms with Crippen LogP contribution in [0.2, 0.25) is 0 Å². The molecule has 7 heteroatoms. The first kappa shape index (κ1) is 12.9. The third kappa shape index (κ3) is 2.22. The lowest BCUT2D eigenvalue weighted by Crippen LogP contribution is -2.52. The predicted molar refractivity (Wildman–Crippen MR) is 53.0 cm³/mol. The van der Waals surface area contributed by atoms with Gasteiger partial charge in [0.1, 0.15) is 0 Å². The molecule has 1 N–H and O–H groups in total. The third-order valence-electron chi connectivity index (χ3n) is 2.35. The molecular weight excluding hydrogens is 256 g/mol. The van der Waals surface area contributed by atoms with Gasteiger partial charge in [-0.2, -0.15) is 17.6 Å². The van der Waals surface area contributed by atoms with Crippen LogP contribution in [0.4, 0.5) is 17.6 Å². The minimum Gasteiger partial charge on any atom is -0.421 e. The van der Waals surface area contributed by atoms with E-state index in [4.69, 9.17) is 5.11 Å². The molecule has 18 heavy (non-hydrogen) atoms. The molecule has 1 heterocycles. The van der Waals surface area contributed by atoms with E-state index in [0.717, 1.165) is 12.1 Å². The average molecular weight is 266 g/mol. The van der Waals surface area contributed by atoms with E-state index >= 15 is 0 Å². The van der Waals surface area contributed by atoms with E-state index in [1.165, 1.54) is 13.0 Å². The van der Waals surface area contributed by atoms with Gasteiger partial charge in [0.05, 0.1) is 6.10 Å². The second-order valence-electron chi connectivity index (χ2n) is 4.07. The SMILES string of the molecule is CC(O)Cc1ccc2c(c1)OC(F)(F)C(F)(F)O2. The molecule has 0 aliphatic carbocycles. The number of fused-ring (bicyclic) bond motifs is 1. The van der Waals surface area contributed by atoms with Crippen molar-refractivity contribution in [2.45, 2.75) is 31.7 Å². The van der Waals surface area contributed by atoms with E-state index in [9.17, 15) is 17.6 Å². The number of benzene rings is 1. The van der Waals surface area contributed by atoms with Crippen molar-refractivity contribution < 1.29 is 32.1 Å². The molecule has 0 fully saturated rings. The summed E-state index contributed by atoms with van der Waals surface area (Å²) in [5, 5.41) is 9.16. The summed E-state index contributed by atoms with van der Waals surface area (Å²) in [6.07, 6.45) is -9.91. The maximum atomic E-state index is 12.9. The molecule has 2 rings (SSSR count). The summed E-state index contributed by atoms with van der Waals surface area (Å²) in [7, 11) is 0. The summed E-state index contributed by atoms with van der Waals surface area (Å²) in [6, 6.07) is 3.65. The first-order chi connectivity index (χ1) is 8.21. The molecule has 1 aliphatic rings. The molecule has 100 valence electrons. The highest BCUT2D eigenvalue weighted by molar-refractivity contribution is 5.44. The standard InChI is InChI=1S/C11H10F4O3/c1-6(16)4-7-2-3-8-9(5-7)18-11(14,15)10(12,13)17-8/h2-3,5-6,16H,4H2,1H3. The Morgan fingerprint density at radius 3 is 2.22 bits per heavy atom. The van der Waals surface area contributed by atoms with Gasteiger partial charge < -0.3 is 14.6 Å². The number of alkyl halides is 4. The fraction of sp³-hybridized carbons (Fsp3) is 0.455. The van der Waals surface area contributed by atoms with Crippen LogP contribution in [0, 0.1) is 0 Å².